The van der Waals surface area contributed by atoms with E-state index in [1.165, 1.54) is 13.3 Å². The average Bonchev–Trinajstić information content (AvgIpc) is 2.80. The predicted octanol–water partition coefficient (Wildman–Crippen LogP) is 1.03. The number of anilines is 1. The zero-order valence-corrected chi connectivity index (χ0v) is 10.9. The van der Waals surface area contributed by atoms with Gasteiger partial charge in [-0.2, -0.15) is 0 Å². The molecule has 1 aromatic heterocycles. The number of nitrogens with zero attached hydrogens (tertiary/aromatic N) is 2. The molecule has 1 aromatic rings. The van der Waals surface area contributed by atoms with Crippen molar-refractivity contribution in [3.05, 3.63) is 23.9 Å². The summed E-state index contributed by atoms with van der Waals surface area (Å²) in [5.74, 6) is -0.951. The largest absolute Gasteiger partial charge is 0.481 e. The van der Waals surface area contributed by atoms with Crippen molar-refractivity contribution in [1.29, 1.82) is 0 Å². The highest BCUT2D eigenvalue weighted by Crippen LogP contribution is 2.27. The molecule has 19 heavy (non-hydrogen) atoms. The smallest absolute Gasteiger partial charge is 0.338 e. The molecule has 0 saturated carbocycles. The molecule has 6 nitrogen and oxygen atoms in total. The molecule has 2 heterocycles. The summed E-state index contributed by atoms with van der Waals surface area (Å²) < 4.78 is 4.66. The van der Waals surface area contributed by atoms with E-state index in [1.807, 2.05) is 11.8 Å². The Balaban J connectivity index is 2.19. The minimum absolute atomic E-state index is 0.0566. The van der Waals surface area contributed by atoms with E-state index in [0.29, 0.717) is 24.5 Å². The number of carboxylic acid groups (broad SMARTS) is 1. The Labute approximate surface area is 111 Å². The highest BCUT2D eigenvalue weighted by atomic mass is 16.5. The van der Waals surface area contributed by atoms with Crippen LogP contribution in [0.1, 0.15) is 17.3 Å². The minimum atomic E-state index is -0.792. The fourth-order valence-corrected chi connectivity index (χ4v) is 2.31. The van der Waals surface area contributed by atoms with Crippen molar-refractivity contribution < 1.29 is 19.4 Å². The Bertz CT molecular complexity index is 503. The van der Waals surface area contributed by atoms with Gasteiger partial charge in [0.15, 0.2) is 0 Å². The van der Waals surface area contributed by atoms with Crippen LogP contribution in [0, 0.1) is 11.8 Å². The molecule has 1 saturated heterocycles. The maximum Gasteiger partial charge on any atom is 0.338 e. The van der Waals surface area contributed by atoms with Gasteiger partial charge in [-0.3, -0.25) is 4.79 Å². The maximum absolute atomic E-state index is 11.5. The predicted molar refractivity (Wildman–Crippen MR) is 68.1 cm³/mol. The Morgan fingerprint density at radius 1 is 1.47 bits per heavy atom. The van der Waals surface area contributed by atoms with Crippen molar-refractivity contribution in [3.8, 4) is 0 Å². The third-order valence-corrected chi connectivity index (χ3v) is 3.42. The number of hydrogen-bond acceptors (Lipinski definition) is 5. The van der Waals surface area contributed by atoms with Gasteiger partial charge < -0.3 is 14.7 Å². The first-order chi connectivity index (χ1) is 9.02. The number of aromatic nitrogens is 1. The monoisotopic (exact) mass is 264 g/mol. The lowest BCUT2D eigenvalue weighted by Gasteiger charge is -2.17. The molecule has 1 aliphatic heterocycles. The van der Waals surface area contributed by atoms with Crippen molar-refractivity contribution in [2.75, 3.05) is 25.1 Å². The molecule has 1 N–H and O–H groups in total. The first-order valence-electron chi connectivity index (χ1n) is 6.05. The summed E-state index contributed by atoms with van der Waals surface area (Å²) in [5.41, 5.74) is 0.416. The summed E-state index contributed by atoms with van der Waals surface area (Å²) in [4.78, 5) is 28.6. The zero-order chi connectivity index (χ0) is 14.0. The first kappa shape index (κ1) is 13.3. The molecule has 1 aliphatic rings. The number of aliphatic carboxylic acids is 1. The standard InChI is InChI=1S/C13H16N2O4/c1-8-6-15(7-10(8)12(16)17)11-5-9(3-4-14-11)13(18)19-2/h3-5,8,10H,6-7H2,1-2H3,(H,16,17)/t8-,10-/m1/s1. The van der Waals surface area contributed by atoms with E-state index in [0.717, 1.165) is 0 Å². The molecule has 102 valence electrons. The van der Waals surface area contributed by atoms with Crippen molar-refractivity contribution in [1.82, 2.24) is 4.98 Å². The highest BCUT2D eigenvalue weighted by molar-refractivity contribution is 5.90. The van der Waals surface area contributed by atoms with E-state index >= 15 is 0 Å². The van der Waals surface area contributed by atoms with Crippen LogP contribution in [-0.4, -0.2) is 42.2 Å². The molecule has 6 heteroatoms. The van der Waals surface area contributed by atoms with E-state index in [2.05, 4.69) is 9.72 Å². The lowest BCUT2D eigenvalue weighted by atomic mass is 9.99. The highest BCUT2D eigenvalue weighted by Gasteiger charge is 2.35. The van der Waals surface area contributed by atoms with Crippen LogP contribution in [0.15, 0.2) is 18.3 Å². The van der Waals surface area contributed by atoms with Crippen LogP contribution in [0.4, 0.5) is 5.82 Å². The van der Waals surface area contributed by atoms with Crippen molar-refractivity contribution >= 4 is 17.8 Å². The number of carbonyl (C=O) groups excluding carboxylic acids is 1. The quantitative estimate of drug-likeness (QED) is 0.821. The molecular formula is C13H16N2O4. The summed E-state index contributed by atoms with van der Waals surface area (Å²) in [7, 11) is 1.32. The Kier molecular flexibility index (Phi) is 3.69. The third kappa shape index (κ3) is 2.67. The van der Waals surface area contributed by atoms with Crippen molar-refractivity contribution in [2.24, 2.45) is 11.8 Å². The molecule has 0 aromatic carbocycles. The third-order valence-electron chi connectivity index (χ3n) is 3.42. The van der Waals surface area contributed by atoms with Crippen molar-refractivity contribution in [3.63, 3.8) is 0 Å². The molecular weight excluding hydrogens is 248 g/mol. The molecule has 0 bridgehead atoms. The summed E-state index contributed by atoms with van der Waals surface area (Å²) in [6.07, 6.45) is 1.53. The van der Waals surface area contributed by atoms with Crippen LogP contribution in [0.25, 0.3) is 0 Å². The second-order valence-corrected chi connectivity index (χ2v) is 4.72. The second kappa shape index (κ2) is 5.26. The number of rotatable bonds is 3. The Morgan fingerprint density at radius 2 is 2.21 bits per heavy atom. The SMILES string of the molecule is COC(=O)c1ccnc(N2C[C@@H](C)[C@H](C(=O)O)C2)c1. The van der Waals surface area contributed by atoms with E-state index in [1.54, 1.807) is 12.1 Å². The summed E-state index contributed by atoms with van der Waals surface area (Å²) >= 11 is 0. The number of carbonyl (C=O) groups is 2. The van der Waals surface area contributed by atoms with Gasteiger partial charge >= 0.3 is 11.9 Å². The molecule has 0 amide bonds. The van der Waals surface area contributed by atoms with E-state index in [9.17, 15) is 9.59 Å². The second-order valence-electron chi connectivity index (χ2n) is 4.72. The molecule has 0 unspecified atom stereocenters. The van der Waals surface area contributed by atoms with E-state index in [4.69, 9.17) is 5.11 Å². The molecule has 0 aliphatic carbocycles. The molecule has 0 radical (unpaired) electrons. The fourth-order valence-electron chi connectivity index (χ4n) is 2.31. The molecule has 1 fully saturated rings. The number of ether oxygens (including phenoxy) is 1. The summed E-state index contributed by atoms with van der Waals surface area (Å²) in [5, 5.41) is 9.11. The topological polar surface area (TPSA) is 79.7 Å². The summed E-state index contributed by atoms with van der Waals surface area (Å²) in [6, 6.07) is 3.20. The van der Waals surface area contributed by atoms with Gasteiger partial charge in [0.05, 0.1) is 18.6 Å². The van der Waals surface area contributed by atoms with Crippen LogP contribution in [-0.2, 0) is 9.53 Å². The number of pyridine rings is 1. The molecule has 2 rings (SSSR count). The van der Waals surface area contributed by atoms with Crippen LogP contribution in [0.3, 0.4) is 0 Å². The number of esters is 1. The number of hydrogen-bond donors (Lipinski definition) is 1. The number of methoxy groups -OCH3 is 1. The van der Waals surface area contributed by atoms with Gasteiger partial charge in [0, 0.05) is 19.3 Å². The van der Waals surface area contributed by atoms with Gasteiger partial charge in [-0.15, -0.1) is 0 Å². The van der Waals surface area contributed by atoms with E-state index < -0.39 is 17.9 Å². The molecule has 0 spiro atoms. The minimum Gasteiger partial charge on any atom is -0.481 e. The number of carboxylic acids is 1. The van der Waals surface area contributed by atoms with Gasteiger partial charge in [-0.05, 0) is 18.1 Å². The Morgan fingerprint density at radius 3 is 2.79 bits per heavy atom. The van der Waals surface area contributed by atoms with Crippen LogP contribution in [0.2, 0.25) is 0 Å². The lowest BCUT2D eigenvalue weighted by molar-refractivity contribution is -0.142. The van der Waals surface area contributed by atoms with Gasteiger partial charge in [0.25, 0.3) is 0 Å². The lowest BCUT2D eigenvalue weighted by Crippen LogP contribution is -2.24. The van der Waals surface area contributed by atoms with Gasteiger partial charge in [-0.25, -0.2) is 9.78 Å². The van der Waals surface area contributed by atoms with Crippen LogP contribution in [0.5, 0.6) is 0 Å². The van der Waals surface area contributed by atoms with Gasteiger partial charge in [-0.1, -0.05) is 6.92 Å². The zero-order valence-electron chi connectivity index (χ0n) is 10.9. The summed E-state index contributed by atoms with van der Waals surface area (Å²) in [6.45, 7) is 2.94. The van der Waals surface area contributed by atoms with Crippen LogP contribution >= 0.6 is 0 Å². The van der Waals surface area contributed by atoms with Crippen LogP contribution < -0.4 is 4.90 Å². The van der Waals surface area contributed by atoms with Gasteiger partial charge in [0.2, 0.25) is 0 Å². The first-order valence-corrected chi connectivity index (χ1v) is 6.05. The Hall–Kier alpha value is -2.11. The van der Waals surface area contributed by atoms with Gasteiger partial charge in [0.1, 0.15) is 5.82 Å². The normalized spacial score (nSPS) is 22.3. The fraction of sp³-hybridized carbons (Fsp3) is 0.462. The molecule has 2 atom stereocenters. The average molecular weight is 264 g/mol. The van der Waals surface area contributed by atoms with E-state index in [-0.39, 0.29) is 5.92 Å². The maximum atomic E-state index is 11.5. The van der Waals surface area contributed by atoms with Crippen molar-refractivity contribution in [2.45, 2.75) is 6.92 Å².